The highest BCUT2D eigenvalue weighted by atomic mass is 79.9. The van der Waals surface area contributed by atoms with Crippen LogP contribution in [0.15, 0.2) is 27.5 Å². The van der Waals surface area contributed by atoms with Crippen molar-refractivity contribution in [3.63, 3.8) is 0 Å². The highest BCUT2D eigenvalue weighted by molar-refractivity contribution is 9.10. The monoisotopic (exact) mass is 404 g/mol. The third-order valence-electron chi connectivity index (χ3n) is 4.32. The van der Waals surface area contributed by atoms with Crippen molar-refractivity contribution in [2.75, 3.05) is 11.4 Å². The molecule has 7 heteroatoms. The second kappa shape index (κ2) is 5.97. The molecule has 0 radical (unpaired) electrons. The molecule has 5 nitrogen and oxygen atoms in total. The third-order valence-corrected chi connectivity index (χ3v) is 6.06. The number of halogens is 1. The Bertz CT molecular complexity index is 994. The van der Waals surface area contributed by atoms with Gasteiger partial charge in [-0.3, -0.25) is 4.79 Å². The number of fused-ring (bicyclic) bond motifs is 2. The van der Waals surface area contributed by atoms with Gasteiger partial charge in [-0.25, -0.2) is 4.98 Å². The van der Waals surface area contributed by atoms with Crippen molar-refractivity contribution in [2.45, 2.75) is 33.2 Å². The van der Waals surface area contributed by atoms with Crippen LogP contribution >= 0.6 is 27.3 Å². The Hall–Kier alpha value is -1.73. The minimum absolute atomic E-state index is 0.114. The quantitative estimate of drug-likeness (QED) is 0.655. The van der Waals surface area contributed by atoms with Gasteiger partial charge in [-0.2, -0.15) is 9.61 Å². The second-order valence-corrected chi connectivity index (χ2v) is 8.08. The zero-order chi connectivity index (χ0) is 16.8. The van der Waals surface area contributed by atoms with Gasteiger partial charge in [0.1, 0.15) is 5.01 Å². The number of anilines is 1. The van der Waals surface area contributed by atoms with E-state index in [1.807, 2.05) is 6.92 Å². The Labute approximate surface area is 152 Å². The lowest BCUT2D eigenvalue weighted by Gasteiger charge is -2.31. The first-order chi connectivity index (χ1) is 11.5. The van der Waals surface area contributed by atoms with E-state index in [9.17, 15) is 4.79 Å². The summed E-state index contributed by atoms with van der Waals surface area (Å²) in [7, 11) is 0. The van der Waals surface area contributed by atoms with Crippen molar-refractivity contribution in [1.82, 2.24) is 14.6 Å². The average Bonchev–Trinajstić information content (AvgIpc) is 2.92. The maximum atomic E-state index is 12.0. The fraction of sp³-hybridized carbons (Fsp3) is 0.353. The number of aryl methyl sites for hydroxylation is 3. The van der Waals surface area contributed by atoms with Crippen LogP contribution in [0, 0.1) is 13.8 Å². The van der Waals surface area contributed by atoms with Crippen LogP contribution in [-0.4, -0.2) is 21.1 Å². The molecule has 0 bridgehead atoms. The molecule has 124 valence electrons. The van der Waals surface area contributed by atoms with Crippen LogP contribution in [0.2, 0.25) is 0 Å². The van der Waals surface area contributed by atoms with Crippen LogP contribution in [0.3, 0.4) is 0 Å². The maximum Gasteiger partial charge on any atom is 0.275 e. The fourth-order valence-electron chi connectivity index (χ4n) is 3.16. The van der Waals surface area contributed by atoms with Gasteiger partial charge in [0, 0.05) is 28.5 Å². The van der Waals surface area contributed by atoms with E-state index in [2.05, 4.69) is 50.0 Å². The SMILES string of the molecule is Cc1cc(=O)n2nc(CN3CCCc4cc(C)c(Br)cc43)sc2n1. The van der Waals surface area contributed by atoms with Gasteiger partial charge in [0.2, 0.25) is 4.96 Å². The molecule has 0 saturated carbocycles. The molecule has 0 atom stereocenters. The minimum Gasteiger partial charge on any atom is -0.364 e. The van der Waals surface area contributed by atoms with Crippen LogP contribution in [0.4, 0.5) is 5.69 Å². The number of nitrogens with zero attached hydrogens (tertiary/aromatic N) is 4. The lowest BCUT2D eigenvalue weighted by atomic mass is 10.00. The Kier molecular flexibility index (Phi) is 3.92. The van der Waals surface area contributed by atoms with Gasteiger partial charge in [0.25, 0.3) is 5.56 Å². The van der Waals surface area contributed by atoms with Crippen LogP contribution in [-0.2, 0) is 13.0 Å². The predicted molar refractivity (Wildman–Crippen MR) is 100 cm³/mol. The summed E-state index contributed by atoms with van der Waals surface area (Å²) in [5, 5.41) is 5.38. The van der Waals surface area contributed by atoms with Crippen molar-refractivity contribution in [3.05, 3.63) is 54.9 Å². The summed E-state index contributed by atoms with van der Waals surface area (Å²) in [5.74, 6) is 0. The van der Waals surface area contributed by atoms with Crippen molar-refractivity contribution in [2.24, 2.45) is 0 Å². The Balaban J connectivity index is 1.71. The van der Waals surface area contributed by atoms with Crippen LogP contribution < -0.4 is 10.5 Å². The molecule has 3 heterocycles. The third kappa shape index (κ3) is 2.75. The van der Waals surface area contributed by atoms with E-state index >= 15 is 0 Å². The molecule has 24 heavy (non-hydrogen) atoms. The first-order valence-corrected chi connectivity index (χ1v) is 9.52. The number of benzene rings is 1. The molecule has 0 aliphatic carbocycles. The van der Waals surface area contributed by atoms with E-state index in [1.54, 1.807) is 0 Å². The molecule has 1 aliphatic rings. The van der Waals surface area contributed by atoms with E-state index in [-0.39, 0.29) is 5.56 Å². The summed E-state index contributed by atoms with van der Waals surface area (Å²) in [6.45, 7) is 5.66. The largest absolute Gasteiger partial charge is 0.364 e. The van der Waals surface area contributed by atoms with Crippen molar-refractivity contribution >= 4 is 37.9 Å². The molecule has 3 aromatic rings. The molecular weight excluding hydrogens is 388 g/mol. The normalized spacial score (nSPS) is 14.2. The number of hydrogen-bond acceptors (Lipinski definition) is 5. The first-order valence-electron chi connectivity index (χ1n) is 7.91. The zero-order valence-corrected chi connectivity index (χ0v) is 15.9. The molecule has 0 N–H and O–H groups in total. The van der Waals surface area contributed by atoms with Gasteiger partial charge in [0.15, 0.2) is 0 Å². The smallest absolute Gasteiger partial charge is 0.275 e. The molecule has 2 aromatic heterocycles. The molecule has 0 unspecified atom stereocenters. The second-order valence-electron chi connectivity index (χ2n) is 6.18. The Morgan fingerprint density at radius 1 is 1.29 bits per heavy atom. The molecule has 0 amide bonds. The lowest BCUT2D eigenvalue weighted by molar-refractivity contribution is 0.681. The number of rotatable bonds is 2. The first kappa shape index (κ1) is 15.8. The van der Waals surface area contributed by atoms with E-state index in [0.717, 1.165) is 34.6 Å². The molecular formula is C17H17BrN4OS. The van der Waals surface area contributed by atoms with Crippen molar-refractivity contribution in [3.8, 4) is 0 Å². The average molecular weight is 405 g/mol. The van der Waals surface area contributed by atoms with Gasteiger partial charge in [0.05, 0.1) is 6.54 Å². The molecule has 1 aliphatic heterocycles. The summed E-state index contributed by atoms with van der Waals surface area (Å²) in [6.07, 6.45) is 2.25. The van der Waals surface area contributed by atoms with Crippen LogP contribution in [0.25, 0.3) is 4.96 Å². The van der Waals surface area contributed by atoms with Crippen LogP contribution in [0.1, 0.15) is 28.2 Å². The predicted octanol–water partition coefficient (Wildman–Crippen LogP) is 3.48. The van der Waals surface area contributed by atoms with E-state index in [0.29, 0.717) is 11.5 Å². The maximum absolute atomic E-state index is 12.0. The minimum atomic E-state index is -0.114. The Morgan fingerprint density at radius 2 is 2.12 bits per heavy atom. The lowest BCUT2D eigenvalue weighted by Crippen LogP contribution is -2.29. The van der Waals surface area contributed by atoms with Crippen molar-refractivity contribution in [1.29, 1.82) is 0 Å². The molecule has 0 saturated heterocycles. The van der Waals surface area contributed by atoms with Crippen LogP contribution in [0.5, 0.6) is 0 Å². The van der Waals surface area contributed by atoms with Gasteiger partial charge < -0.3 is 4.90 Å². The summed E-state index contributed by atoms with van der Waals surface area (Å²) in [4.78, 5) is 19.5. The molecule has 1 aromatic carbocycles. The summed E-state index contributed by atoms with van der Waals surface area (Å²) < 4.78 is 2.54. The van der Waals surface area contributed by atoms with Gasteiger partial charge in [-0.1, -0.05) is 33.3 Å². The molecule has 4 rings (SSSR count). The summed E-state index contributed by atoms with van der Waals surface area (Å²) >= 11 is 5.13. The fourth-order valence-corrected chi connectivity index (χ4v) is 4.45. The van der Waals surface area contributed by atoms with Gasteiger partial charge in [-0.15, -0.1) is 0 Å². The van der Waals surface area contributed by atoms with E-state index in [1.165, 1.54) is 38.7 Å². The van der Waals surface area contributed by atoms with Crippen molar-refractivity contribution < 1.29 is 0 Å². The standard InChI is InChI=1S/C17H17BrN4OS/c1-10-6-12-4-3-5-21(14(12)8-13(10)18)9-15-20-22-16(23)7-11(2)19-17(22)24-15/h6-8H,3-5,9H2,1-2H3. The van der Waals surface area contributed by atoms with Gasteiger partial charge in [-0.05, 0) is 43.9 Å². The number of aromatic nitrogens is 3. The Morgan fingerprint density at radius 3 is 2.96 bits per heavy atom. The highest BCUT2D eigenvalue weighted by Gasteiger charge is 2.20. The van der Waals surface area contributed by atoms with E-state index < -0.39 is 0 Å². The van der Waals surface area contributed by atoms with E-state index in [4.69, 9.17) is 0 Å². The zero-order valence-electron chi connectivity index (χ0n) is 13.5. The summed E-state index contributed by atoms with van der Waals surface area (Å²) in [6, 6.07) is 5.98. The van der Waals surface area contributed by atoms with Gasteiger partial charge >= 0.3 is 0 Å². The number of hydrogen-bond donors (Lipinski definition) is 0. The molecule has 0 fully saturated rings. The topological polar surface area (TPSA) is 50.5 Å². The highest BCUT2D eigenvalue weighted by Crippen LogP contribution is 2.33. The summed E-state index contributed by atoms with van der Waals surface area (Å²) in [5.41, 5.74) is 4.53. The molecule has 0 spiro atoms.